The molecule has 94 valence electrons. The van der Waals surface area contributed by atoms with Crippen LogP contribution in [0.25, 0.3) is 0 Å². The molecule has 0 spiro atoms. The Hall–Kier alpha value is -1.23. The molecule has 1 fully saturated rings. The predicted octanol–water partition coefficient (Wildman–Crippen LogP) is 1.57. The van der Waals surface area contributed by atoms with Crippen molar-refractivity contribution < 1.29 is 8.42 Å². The van der Waals surface area contributed by atoms with Crippen LogP contribution in [0.1, 0.15) is 18.4 Å². The number of hydrogen-bond acceptors (Lipinski definition) is 4. The van der Waals surface area contributed by atoms with Gasteiger partial charge in [-0.05, 0) is 37.5 Å². The van der Waals surface area contributed by atoms with E-state index in [0.717, 1.165) is 24.1 Å². The molecule has 0 amide bonds. The molecule has 0 bridgehead atoms. The maximum Gasteiger partial charge on any atom is 0.154 e. The second-order valence-electron chi connectivity index (χ2n) is 4.60. The number of benzene rings is 1. The summed E-state index contributed by atoms with van der Waals surface area (Å²) in [6, 6.07) is 5.74. The molecule has 1 heterocycles. The molecule has 1 aliphatic rings. The van der Waals surface area contributed by atoms with Crippen molar-refractivity contribution in [3.63, 3.8) is 0 Å². The molecule has 1 aromatic carbocycles. The summed E-state index contributed by atoms with van der Waals surface area (Å²) < 4.78 is 23.3. The standard InChI is InChI=1S/C12H18N2O2S/c1-9-4-5-12(11(13)7-9)14-8-10-3-2-6-17(10,15)16/h4-5,7,10,14H,2-3,6,8,13H2,1H3. The van der Waals surface area contributed by atoms with Gasteiger partial charge in [0.05, 0.1) is 22.4 Å². The first-order valence-electron chi connectivity index (χ1n) is 5.80. The van der Waals surface area contributed by atoms with E-state index in [9.17, 15) is 8.42 Å². The Kier molecular flexibility index (Phi) is 3.28. The van der Waals surface area contributed by atoms with E-state index in [2.05, 4.69) is 5.32 Å². The third-order valence-electron chi connectivity index (χ3n) is 3.19. The zero-order valence-corrected chi connectivity index (χ0v) is 10.8. The van der Waals surface area contributed by atoms with Crippen LogP contribution in [0.5, 0.6) is 0 Å². The van der Waals surface area contributed by atoms with Crippen LogP contribution in [0.15, 0.2) is 18.2 Å². The van der Waals surface area contributed by atoms with Crippen molar-refractivity contribution in [3.05, 3.63) is 23.8 Å². The molecule has 0 aliphatic carbocycles. The first kappa shape index (κ1) is 12.2. The van der Waals surface area contributed by atoms with Crippen LogP contribution in [0, 0.1) is 6.92 Å². The van der Waals surface area contributed by atoms with Crippen LogP contribution in [0.2, 0.25) is 0 Å². The third kappa shape index (κ3) is 2.72. The van der Waals surface area contributed by atoms with Crippen molar-refractivity contribution >= 4 is 21.2 Å². The summed E-state index contributed by atoms with van der Waals surface area (Å²) in [7, 11) is -2.88. The number of nitrogens with two attached hydrogens (primary N) is 1. The molecular weight excluding hydrogens is 236 g/mol. The SMILES string of the molecule is Cc1ccc(NCC2CCCS2(=O)=O)c(N)c1. The van der Waals surface area contributed by atoms with Crippen molar-refractivity contribution in [2.75, 3.05) is 23.3 Å². The lowest BCUT2D eigenvalue weighted by Crippen LogP contribution is -2.25. The van der Waals surface area contributed by atoms with Crippen molar-refractivity contribution in [1.29, 1.82) is 0 Å². The number of nitrogens with one attached hydrogen (secondary N) is 1. The fourth-order valence-electron chi connectivity index (χ4n) is 2.15. The van der Waals surface area contributed by atoms with Gasteiger partial charge < -0.3 is 11.1 Å². The van der Waals surface area contributed by atoms with E-state index in [0.29, 0.717) is 18.0 Å². The van der Waals surface area contributed by atoms with Crippen LogP contribution in [-0.4, -0.2) is 26.0 Å². The average Bonchev–Trinajstić information content (AvgIpc) is 2.57. The minimum absolute atomic E-state index is 0.261. The van der Waals surface area contributed by atoms with Gasteiger partial charge in [0.15, 0.2) is 9.84 Å². The third-order valence-corrected chi connectivity index (χ3v) is 5.47. The van der Waals surface area contributed by atoms with Crippen LogP contribution >= 0.6 is 0 Å². The van der Waals surface area contributed by atoms with Crippen LogP contribution in [0.3, 0.4) is 0 Å². The molecule has 1 aliphatic heterocycles. The molecule has 0 radical (unpaired) electrons. The van der Waals surface area contributed by atoms with Gasteiger partial charge in [0.2, 0.25) is 0 Å². The van der Waals surface area contributed by atoms with E-state index in [1.807, 2.05) is 25.1 Å². The highest BCUT2D eigenvalue weighted by Crippen LogP contribution is 2.23. The van der Waals surface area contributed by atoms with Gasteiger partial charge in [-0.2, -0.15) is 0 Å². The quantitative estimate of drug-likeness (QED) is 0.803. The first-order chi connectivity index (χ1) is 7.99. The van der Waals surface area contributed by atoms with Crippen molar-refractivity contribution in [1.82, 2.24) is 0 Å². The maximum atomic E-state index is 11.7. The monoisotopic (exact) mass is 254 g/mol. The van der Waals surface area contributed by atoms with E-state index < -0.39 is 9.84 Å². The minimum atomic E-state index is -2.88. The van der Waals surface area contributed by atoms with Crippen LogP contribution < -0.4 is 11.1 Å². The Morgan fingerprint density at radius 1 is 1.47 bits per heavy atom. The second kappa shape index (κ2) is 4.56. The van der Waals surface area contributed by atoms with Gasteiger partial charge >= 0.3 is 0 Å². The summed E-state index contributed by atoms with van der Waals surface area (Å²) in [6.07, 6.45) is 1.53. The summed E-state index contributed by atoms with van der Waals surface area (Å²) in [6.45, 7) is 2.43. The number of nitrogen functional groups attached to an aromatic ring is 1. The lowest BCUT2D eigenvalue weighted by atomic mass is 10.2. The number of hydrogen-bond donors (Lipinski definition) is 2. The van der Waals surface area contributed by atoms with Gasteiger partial charge in [-0.3, -0.25) is 0 Å². The van der Waals surface area contributed by atoms with Gasteiger partial charge in [0.1, 0.15) is 0 Å². The number of anilines is 2. The Bertz CT molecular complexity index is 511. The Balaban J connectivity index is 2.03. The largest absolute Gasteiger partial charge is 0.397 e. The van der Waals surface area contributed by atoms with Crippen LogP contribution in [-0.2, 0) is 9.84 Å². The van der Waals surface area contributed by atoms with E-state index >= 15 is 0 Å². The van der Waals surface area contributed by atoms with Crippen molar-refractivity contribution in [2.24, 2.45) is 0 Å². The molecule has 0 aromatic heterocycles. The lowest BCUT2D eigenvalue weighted by molar-refractivity contribution is 0.591. The summed E-state index contributed by atoms with van der Waals surface area (Å²) in [5.41, 5.74) is 8.44. The smallest absolute Gasteiger partial charge is 0.154 e. The van der Waals surface area contributed by atoms with Gasteiger partial charge in [-0.15, -0.1) is 0 Å². The molecule has 5 heteroatoms. The fourth-order valence-corrected chi connectivity index (χ4v) is 3.92. The zero-order chi connectivity index (χ0) is 12.5. The summed E-state index contributed by atoms with van der Waals surface area (Å²) in [5, 5.41) is 2.87. The fraction of sp³-hybridized carbons (Fsp3) is 0.500. The molecule has 1 saturated heterocycles. The number of sulfone groups is 1. The van der Waals surface area contributed by atoms with E-state index in [4.69, 9.17) is 5.73 Å². The van der Waals surface area contributed by atoms with Gasteiger partial charge in [0.25, 0.3) is 0 Å². The Morgan fingerprint density at radius 3 is 2.82 bits per heavy atom. The van der Waals surface area contributed by atoms with Crippen molar-refractivity contribution in [3.8, 4) is 0 Å². The normalized spacial score (nSPS) is 22.5. The molecular formula is C12H18N2O2S. The van der Waals surface area contributed by atoms with E-state index in [-0.39, 0.29) is 5.25 Å². The molecule has 17 heavy (non-hydrogen) atoms. The molecule has 0 saturated carbocycles. The van der Waals surface area contributed by atoms with E-state index in [1.165, 1.54) is 0 Å². The molecule has 1 aromatic rings. The van der Waals surface area contributed by atoms with Crippen LogP contribution in [0.4, 0.5) is 11.4 Å². The van der Waals surface area contributed by atoms with Crippen molar-refractivity contribution in [2.45, 2.75) is 25.0 Å². The number of rotatable bonds is 3. The maximum absolute atomic E-state index is 11.7. The summed E-state index contributed by atoms with van der Waals surface area (Å²) in [5.74, 6) is 0.322. The second-order valence-corrected chi connectivity index (χ2v) is 7.00. The summed E-state index contributed by atoms with van der Waals surface area (Å²) in [4.78, 5) is 0. The first-order valence-corrected chi connectivity index (χ1v) is 7.52. The van der Waals surface area contributed by atoms with Gasteiger partial charge in [-0.25, -0.2) is 8.42 Å². The Morgan fingerprint density at radius 2 is 2.24 bits per heavy atom. The average molecular weight is 254 g/mol. The Labute approximate surface area is 102 Å². The highest BCUT2D eigenvalue weighted by molar-refractivity contribution is 7.92. The molecule has 3 N–H and O–H groups in total. The predicted molar refractivity (Wildman–Crippen MR) is 70.9 cm³/mol. The molecule has 1 atom stereocenters. The lowest BCUT2D eigenvalue weighted by Gasteiger charge is -2.13. The zero-order valence-electron chi connectivity index (χ0n) is 9.94. The molecule has 4 nitrogen and oxygen atoms in total. The topological polar surface area (TPSA) is 72.2 Å². The molecule has 1 unspecified atom stereocenters. The van der Waals surface area contributed by atoms with E-state index in [1.54, 1.807) is 0 Å². The summed E-state index contributed by atoms with van der Waals surface area (Å²) >= 11 is 0. The number of aryl methyl sites for hydroxylation is 1. The van der Waals surface area contributed by atoms with Gasteiger partial charge in [0, 0.05) is 6.54 Å². The minimum Gasteiger partial charge on any atom is -0.397 e. The highest BCUT2D eigenvalue weighted by atomic mass is 32.2. The highest BCUT2D eigenvalue weighted by Gasteiger charge is 2.30. The molecule has 2 rings (SSSR count). The van der Waals surface area contributed by atoms with Gasteiger partial charge in [-0.1, -0.05) is 6.07 Å².